The monoisotopic (exact) mass is 467 g/mol. The van der Waals surface area contributed by atoms with Crippen LogP contribution in [0.25, 0.3) is 11.5 Å². The van der Waals surface area contributed by atoms with E-state index in [9.17, 15) is 4.79 Å². The first kappa shape index (κ1) is 23.1. The van der Waals surface area contributed by atoms with Crippen LogP contribution in [0.3, 0.4) is 0 Å². The van der Waals surface area contributed by atoms with Gasteiger partial charge in [0.2, 0.25) is 11.8 Å². The van der Waals surface area contributed by atoms with Crippen LogP contribution in [-0.4, -0.2) is 34.2 Å². The third-order valence-corrected chi connectivity index (χ3v) is 6.74. The highest BCUT2D eigenvalue weighted by molar-refractivity contribution is 5.96. The molecule has 4 aromatic rings. The van der Waals surface area contributed by atoms with E-state index in [0.717, 1.165) is 48.4 Å². The van der Waals surface area contributed by atoms with Crippen molar-refractivity contribution in [1.29, 1.82) is 0 Å². The minimum atomic E-state index is -0.0632. The SMILES string of the molecule is Cc1cc(C(=O)C[C@H](c2ccc(-c3nnc(C4CCOCC4)o3)cc2)c2ccccc2C)ccn1. The summed E-state index contributed by atoms with van der Waals surface area (Å²) in [6.45, 7) is 5.46. The molecular formula is C29H29N3O3. The van der Waals surface area contributed by atoms with Crippen LogP contribution in [0.15, 0.2) is 71.3 Å². The second-order valence-electron chi connectivity index (χ2n) is 9.18. The standard InChI is InChI=1S/C29H29N3O3/c1-19-5-3-4-6-25(19)26(18-27(33)24-11-14-30-20(2)17-24)21-7-9-22(10-8-21)28-31-32-29(35-28)23-12-15-34-16-13-23/h3-11,14,17,23,26H,12-13,15-16,18H2,1-2H3/t26-/m1/s1. The van der Waals surface area contributed by atoms with Gasteiger partial charge in [0.1, 0.15) is 0 Å². The van der Waals surface area contributed by atoms with Crippen LogP contribution in [0.5, 0.6) is 0 Å². The van der Waals surface area contributed by atoms with Crippen LogP contribution in [0.4, 0.5) is 0 Å². The van der Waals surface area contributed by atoms with E-state index in [0.29, 0.717) is 23.8 Å². The first-order chi connectivity index (χ1) is 17.1. The van der Waals surface area contributed by atoms with Gasteiger partial charge in [-0.25, -0.2) is 0 Å². The van der Waals surface area contributed by atoms with Gasteiger partial charge in [0, 0.05) is 54.5 Å². The van der Waals surface area contributed by atoms with Gasteiger partial charge < -0.3 is 9.15 Å². The maximum Gasteiger partial charge on any atom is 0.247 e. The molecule has 1 atom stereocenters. The topological polar surface area (TPSA) is 78.1 Å². The minimum Gasteiger partial charge on any atom is -0.420 e. The molecule has 0 spiro atoms. The molecule has 5 rings (SSSR count). The normalized spacial score (nSPS) is 15.1. The third-order valence-electron chi connectivity index (χ3n) is 6.74. The summed E-state index contributed by atoms with van der Waals surface area (Å²) in [6.07, 6.45) is 3.88. The molecule has 0 amide bonds. The van der Waals surface area contributed by atoms with Gasteiger partial charge in [-0.2, -0.15) is 0 Å². The minimum absolute atomic E-state index is 0.0632. The number of aryl methyl sites for hydroxylation is 2. The zero-order chi connectivity index (χ0) is 24.2. The first-order valence-electron chi connectivity index (χ1n) is 12.1. The van der Waals surface area contributed by atoms with E-state index in [1.54, 1.807) is 12.3 Å². The Morgan fingerprint density at radius 1 is 1.00 bits per heavy atom. The molecule has 0 saturated carbocycles. The zero-order valence-electron chi connectivity index (χ0n) is 20.1. The van der Waals surface area contributed by atoms with Crippen molar-refractivity contribution in [2.24, 2.45) is 0 Å². The maximum absolute atomic E-state index is 13.2. The van der Waals surface area contributed by atoms with Crippen LogP contribution >= 0.6 is 0 Å². The Kier molecular flexibility index (Phi) is 6.82. The number of ether oxygens (including phenoxy) is 1. The van der Waals surface area contributed by atoms with E-state index >= 15 is 0 Å². The van der Waals surface area contributed by atoms with E-state index in [-0.39, 0.29) is 17.6 Å². The highest BCUT2D eigenvalue weighted by Crippen LogP contribution is 2.34. The number of hydrogen-bond donors (Lipinski definition) is 0. The number of hydrogen-bond acceptors (Lipinski definition) is 6. The number of rotatable bonds is 7. The van der Waals surface area contributed by atoms with Gasteiger partial charge in [-0.15, -0.1) is 10.2 Å². The fourth-order valence-corrected chi connectivity index (χ4v) is 4.73. The summed E-state index contributed by atoms with van der Waals surface area (Å²) in [4.78, 5) is 17.5. The molecule has 6 nitrogen and oxygen atoms in total. The summed E-state index contributed by atoms with van der Waals surface area (Å²) in [5.74, 6) is 1.51. The first-order valence-corrected chi connectivity index (χ1v) is 12.1. The summed E-state index contributed by atoms with van der Waals surface area (Å²) >= 11 is 0. The average Bonchev–Trinajstić information content (AvgIpc) is 3.39. The van der Waals surface area contributed by atoms with Gasteiger partial charge in [0.05, 0.1) is 0 Å². The Labute approximate surface area is 205 Å². The lowest BCUT2D eigenvalue weighted by Gasteiger charge is -2.20. The number of Topliss-reactive ketones (excluding diaryl/α,β-unsaturated/α-hetero) is 1. The lowest BCUT2D eigenvalue weighted by atomic mass is 9.83. The van der Waals surface area contributed by atoms with Crippen molar-refractivity contribution < 1.29 is 13.9 Å². The van der Waals surface area contributed by atoms with Crippen molar-refractivity contribution in [3.63, 3.8) is 0 Å². The second-order valence-corrected chi connectivity index (χ2v) is 9.18. The number of nitrogens with zero attached hydrogens (tertiary/aromatic N) is 3. The molecule has 3 heterocycles. The van der Waals surface area contributed by atoms with Crippen molar-refractivity contribution in [1.82, 2.24) is 15.2 Å². The maximum atomic E-state index is 13.2. The van der Waals surface area contributed by atoms with Crippen molar-refractivity contribution in [2.45, 2.75) is 44.9 Å². The molecule has 1 aliphatic heterocycles. The van der Waals surface area contributed by atoms with Crippen LogP contribution in [0.2, 0.25) is 0 Å². The second kappa shape index (κ2) is 10.3. The van der Waals surface area contributed by atoms with Crippen LogP contribution in [0.1, 0.15) is 69.7 Å². The number of carbonyl (C=O) groups excluding carboxylic acids is 1. The van der Waals surface area contributed by atoms with Gasteiger partial charge in [0.15, 0.2) is 5.78 Å². The molecule has 0 aliphatic carbocycles. The van der Waals surface area contributed by atoms with Crippen molar-refractivity contribution >= 4 is 5.78 Å². The van der Waals surface area contributed by atoms with Gasteiger partial charge >= 0.3 is 0 Å². The van der Waals surface area contributed by atoms with Gasteiger partial charge in [-0.3, -0.25) is 9.78 Å². The van der Waals surface area contributed by atoms with Gasteiger partial charge in [0.25, 0.3) is 0 Å². The van der Waals surface area contributed by atoms with E-state index in [1.807, 2.05) is 37.3 Å². The fourth-order valence-electron chi connectivity index (χ4n) is 4.73. The fraction of sp³-hybridized carbons (Fsp3) is 0.310. The lowest BCUT2D eigenvalue weighted by molar-refractivity contribution is 0.0795. The Morgan fingerprint density at radius 2 is 1.77 bits per heavy atom. The average molecular weight is 468 g/mol. The zero-order valence-corrected chi connectivity index (χ0v) is 20.1. The molecule has 1 saturated heterocycles. The molecular weight excluding hydrogens is 438 g/mol. The predicted molar refractivity (Wildman–Crippen MR) is 133 cm³/mol. The van der Waals surface area contributed by atoms with Crippen LogP contribution in [0, 0.1) is 13.8 Å². The van der Waals surface area contributed by atoms with Crippen molar-refractivity contribution in [3.05, 3.63) is 101 Å². The highest BCUT2D eigenvalue weighted by Gasteiger charge is 2.23. The summed E-state index contributed by atoms with van der Waals surface area (Å²) in [6, 6.07) is 20.0. The molecule has 2 aromatic heterocycles. The summed E-state index contributed by atoms with van der Waals surface area (Å²) in [5, 5.41) is 8.58. The molecule has 0 N–H and O–H groups in total. The van der Waals surface area contributed by atoms with E-state index in [2.05, 4.69) is 46.4 Å². The largest absolute Gasteiger partial charge is 0.420 e. The van der Waals surface area contributed by atoms with Crippen molar-refractivity contribution in [2.75, 3.05) is 13.2 Å². The van der Waals surface area contributed by atoms with E-state index in [4.69, 9.17) is 9.15 Å². The lowest BCUT2D eigenvalue weighted by Crippen LogP contribution is -2.14. The molecule has 6 heteroatoms. The highest BCUT2D eigenvalue weighted by atomic mass is 16.5. The quantitative estimate of drug-likeness (QED) is 0.308. The number of benzene rings is 2. The van der Waals surface area contributed by atoms with Gasteiger partial charge in [-0.05, 0) is 67.6 Å². The van der Waals surface area contributed by atoms with Crippen LogP contribution < -0.4 is 0 Å². The van der Waals surface area contributed by atoms with Crippen molar-refractivity contribution in [3.8, 4) is 11.5 Å². The van der Waals surface area contributed by atoms with Crippen LogP contribution in [-0.2, 0) is 4.74 Å². The molecule has 2 aromatic carbocycles. The number of pyridine rings is 1. The number of ketones is 1. The Hall–Kier alpha value is -3.64. The smallest absolute Gasteiger partial charge is 0.247 e. The molecule has 1 fully saturated rings. The molecule has 0 bridgehead atoms. The Morgan fingerprint density at radius 3 is 2.51 bits per heavy atom. The third kappa shape index (κ3) is 5.23. The molecule has 35 heavy (non-hydrogen) atoms. The van der Waals surface area contributed by atoms with Gasteiger partial charge in [-0.1, -0.05) is 36.4 Å². The summed E-state index contributed by atoms with van der Waals surface area (Å²) in [7, 11) is 0. The molecule has 0 radical (unpaired) electrons. The number of carbonyl (C=O) groups is 1. The summed E-state index contributed by atoms with van der Waals surface area (Å²) in [5.41, 5.74) is 5.80. The Bertz CT molecular complexity index is 1310. The summed E-state index contributed by atoms with van der Waals surface area (Å²) < 4.78 is 11.4. The molecule has 178 valence electrons. The van der Waals surface area contributed by atoms with E-state index in [1.165, 1.54) is 5.56 Å². The Balaban J connectivity index is 1.41. The molecule has 0 unspecified atom stereocenters. The van der Waals surface area contributed by atoms with E-state index < -0.39 is 0 Å². The molecule has 1 aliphatic rings. The predicted octanol–water partition coefficient (Wildman–Crippen LogP) is 6.05. The number of aromatic nitrogens is 3.